The van der Waals surface area contributed by atoms with E-state index in [-0.39, 0.29) is 24.7 Å². The van der Waals surface area contributed by atoms with Crippen molar-refractivity contribution in [1.29, 1.82) is 0 Å². The van der Waals surface area contributed by atoms with Crippen molar-refractivity contribution in [3.8, 4) is 6.01 Å². The summed E-state index contributed by atoms with van der Waals surface area (Å²) in [5, 5.41) is 4.61. The molecule has 28 heavy (non-hydrogen) atoms. The first kappa shape index (κ1) is 19.2. The fraction of sp³-hybridized carbons (Fsp3) is 0.105. The Morgan fingerprint density at radius 2 is 1.86 bits per heavy atom. The summed E-state index contributed by atoms with van der Waals surface area (Å²) in [4.78, 5) is 19.4. The highest BCUT2D eigenvalue weighted by Gasteiger charge is 2.12. The Kier molecular flexibility index (Phi) is 6.05. The Balaban J connectivity index is 1.59. The number of carbonyl (C=O) groups is 1. The molecule has 0 saturated carbocycles. The van der Waals surface area contributed by atoms with Gasteiger partial charge >= 0.3 is 12.0 Å². The average molecular weight is 388 g/mol. The lowest BCUT2D eigenvalue weighted by atomic mass is 10.2. The first-order valence-corrected chi connectivity index (χ1v) is 8.19. The van der Waals surface area contributed by atoms with Crippen LogP contribution < -0.4 is 15.4 Å². The molecule has 2 amide bonds. The number of amides is 2. The van der Waals surface area contributed by atoms with Crippen molar-refractivity contribution >= 4 is 11.8 Å². The molecule has 0 fully saturated rings. The van der Waals surface area contributed by atoms with Crippen LogP contribution in [0.3, 0.4) is 0 Å². The number of hydrogen-bond acceptors (Lipinski definition) is 4. The standard InChI is InChI=1S/C19H15F3N4O2/c20-14-6-3-4-12(8-14)11-28-19-24-10-16(22)17(26-19)25-18(27)23-9-13-5-1-2-7-15(13)21/h1-8,10H,9,11H2,(H2,23,24,25,26,27). The van der Waals surface area contributed by atoms with Gasteiger partial charge in [-0.2, -0.15) is 4.98 Å². The van der Waals surface area contributed by atoms with E-state index in [2.05, 4.69) is 20.6 Å². The zero-order valence-corrected chi connectivity index (χ0v) is 14.5. The van der Waals surface area contributed by atoms with Crippen LogP contribution in [0.1, 0.15) is 11.1 Å². The number of nitrogens with one attached hydrogen (secondary N) is 2. The number of benzene rings is 2. The first-order chi connectivity index (χ1) is 13.5. The third-order valence-corrected chi connectivity index (χ3v) is 3.61. The van der Waals surface area contributed by atoms with Crippen molar-refractivity contribution in [2.24, 2.45) is 0 Å². The van der Waals surface area contributed by atoms with E-state index in [1.165, 1.54) is 36.4 Å². The number of ether oxygens (including phenoxy) is 1. The number of anilines is 1. The Morgan fingerprint density at radius 1 is 1.04 bits per heavy atom. The van der Waals surface area contributed by atoms with Crippen molar-refractivity contribution < 1.29 is 22.7 Å². The van der Waals surface area contributed by atoms with Gasteiger partial charge in [-0.15, -0.1) is 0 Å². The van der Waals surface area contributed by atoms with Crippen molar-refractivity contribution in [1.82, 2.24) is 15.3 Å². The summed E-state index contributed by atoms with van der Waals surface area (Å²) in [7, 11) is 0. The van der Waals surface area contributed by atoms with Gasteiger partial charge in [-0.3, -0.25) is 5.32 Å². The van der Waals surface area contributed by atoms with E-state index in [1.54, 1.807) is 12.1 Å². The summed E-state index contributed by atoms with van der Waals surface area (Å²) < 4.78 is 45.8. The first-order valence-electron chi connectivity index (χ1n) is 8.19. The van der Waals surface area contributed by atoms with Crippen molar-refractivity contribution in [3.05, 3.63) is 83.3 Å². The number of carbonyl (C=O) groups excluding carboxylic acids is 1. The molecule has 0 aliphatic heterocycles. The van der Waals surface area contributed by atoms with Crippen LogP contribution in [0.5, 0.6) is 6.01 Å². The maximum absolute atomic E-state index is 13.8. The monoisotopic (exact) mass is 388 g/mol. The molecule has 0 saturated heterocycles. The minimum Gasteiger partial charge on any atom is -0.459 e. The zero-order valence-electron chi connectivity index (χ0n) is 14.5. The van der Waals surface area contributed by atoms with E-state index in [0.717, 1.165) is 6.20 Å². The highest BCUT2D eigenvalue weighted by Crippen LogP contribution is 2.15. The van der Waals surface area contributed by atoms with Crippen molar-refractivity contribution in [2.45, 2.75) is 13.2 Å². The number of halogens is 3. The lowest BCUT2D eigenvalue weighted by Crippen LogP contribution is -2.29. The molecule has 9 heteroatoms. The number of nitrogens with zero attached hydrogens (tertiary/aromatic N) is 2. The highest BCUT2D eigenvalue weighted by atomic mass is 19.1. The van der Waals surface area contributed by atoms with Crippen LogP contribution in [0, 0.1) is 17.5 Å². The van der Waals surface area contributed by atoms with Gasteiger partial charge in [0.25, 0.3) is 0 Å². The van der Waals surface area contributed by atoms with Crippen LogP contribution in [0.2, 0.25) is 0 Å². The van der Waals surface area contributed by atoms with Crippen LogP contribution in [0.15, 0.2) is 54.7 Å². The fourth-order valence-corrected chi connectivity index (χ4v) is 2.25. The maximum Gasteiger partial charge on any atom is 0.320 e. The van der Waals surface area contributed by atoms with Gasteiger partial charge in [0.15, 0.2) is 11.6 Å². The predicted octanol–water partition coefficient (Wildman–Crippen LogP) is 3.79. The zero-order chi connectivity index (χ0) is 19.9. The number of hydrogen-bond donors (Lipinski definition) is 2. The molecule has 0 spiro atoms. The molecule has 0 radical (unpaired) electrons. The smallest absolute Gasteiger partial charge is 0.320 e. The van der Waals surface area contributed by atoms with E-state index in [1.807, 2.05) is 0 Å². The summed E-state index contributed by atoms with van der Waals surface area (Å²) in [5.41, 5.74) is 0.810. The SMILES string of the molecule is O=C(NCc1ccccc1F)Nc1nc(OCc2cccc(F)c2)ncc1F. The van der Waals surface area contributed by atoms with Crippen LogP contribution in [-0.2, 0) is 13.2 Å². The summed E-state index contributed by atoms with van der Waals surface area (Å²) in [6.45, 7) is -0.129. The molecule has 6 nitrogen and oxygen atoms in total. The second-order valence-electron chi connectivity index (χ2n) is 5.67. The highest BCUT2D eigenvalue weighted by molar-refractivity contribution is 5.88. The normalized spacial score (nSPS) is 10.4. The maximum atomic E-state index is 13.8. The van der Waals surface area contributed by atoms with E-state index in [4.69, 9.17) is 4.74 Å². The molecule has 3 aromatic rings. The summed E-state index contributed by atoms with van der Waals surface area (Å²) >= 11 is 0. The van der Waals surface area contributed by atoms with Crippen LogP contribution in [0.25, 0.3) is 0 Å². The van der Waals surface area contributed by atoms with Crippen LogP contribution in [0.4, 0.5) is 23.8 Å². The molecule has 0 unspecified atom stereocenters. The molecule has 0 aliphatic carbocycles. The molecule has 0 atom stereocenters. The molecule has 144 valence electrons. The third kappa shape index (κ3) is 5.19. The second-order valence-corrected chi connectivity index (χ2v) is 5.67. The lowest BCUT2D eigenvalue weighted by molar-refractivity contribution is 0.251. The Morgan fingerprint density at radius 3 is 2.64 bits per heavy atom. The van der Waals surface area contributed by atoms with Gasteiger partial charge in [0.05, 0.1) is 6.20 Å². The van der Waals surface area contributed by atoms with E-state index >= 15 is 0 Å². The summed E-state index contributed by atoms with van der Waals surface area (Å²) in [6.07, 6.45) is 0.834. The quantitative estimate of drug-likeness (QED) is 0.674. The molecule has 2 aromatic carbocycles. The fourth-order valence-electron chi connectivity index (χ4n) is 2.25. The molecule has 0 bridgehead atoms. The average Bonchev–Trinajstić information content (AvgIpc) is 2.68. The van der Waals surface area contributed by atoms with Crippen LogP contribution >= 0.6 is 0 Å². The van der Waals surface area contributed by atoms with E-state index in [0.29, 0.717) is 5.56 Å². The van der Waals surface area contributed by atoms with E-state index in [9.17, 15) is 18.0 Å². The van der Waals surface area contributed by atoms with Gasteiger partial charge in [0.2, 0.25) is 0 Å². The van der Waals surface area contributed by atoms with Gasteiger partial charge in [-0.25, -0.2) is 22.9 Å². The lowest BCUT2D eigenvalue weighted by Gasteiger charge is -2.10. The van der Waals surface area contributed by atoms with Crippen molar-refractivity contribution in [3.63, 3.8) is 0 Å². The molecule has 1 aromatic heterocycles. The third-order valence-electron chi connectivity index (χ3n) is 3.61. The number of rotatable bonds is 6. The molecule has 1 heterocycles. The number of urea groups is 1. The molecular formula is C19H15F3N4O2. The second kappa shape index (κ2) is 8.85. The minimum atomic E-state index is -0.876. The Bertz CT molecular complexity index is 985. The van der Waals surface area contributed by atoms with Crippen molar-refractivity contribution in [2.75, 3.05) is 5.32 Å². The molecule has 3 rings (SSSR count). The summed E-state index contributed by atoms with van der Waals surface area (Å²) in [6, 6.07) is 10.7. The van der Waals surface area contributed by atoms with Gasteiger partial charge < -0.3 is 10.1 Å². The Labute approximate surface area is 158 Å². The molecule has 0 aliphatic rings. The van der Waals surface area contributed by atoms with Gasteiger partial charge in [0.1, 0.15) is 18.2 Å². The van der Waals surface area contributed by atoms with Gasteiger partial charge in [0, 0.05) is 12.1 Å². The largest absolute Gasteiger partial charge is 0.459 e. The predicted molar refractivity (Wildman–Crippen MR) is 95.0 cm³/mol. The van der Waals surface area contributed by atoms with Crippen LogP contribution in [-0.4, -0.2) is 16.0 Å². The van der Waals surface area contributed by atoms with Gasteiger partial charge in [-0.1, -0.05) is 30.3 Å². The summed E-state index contributed by atoms with van der Waals surface area (Å²) in [5.74, 6) is -2.17. The molecule has 2 N–H and O–H groups in total. The topological polar surface area (TPSA) is 76.1 Å². The van der Waals surface area contributed by atoms with E-state index < -0.39 is 29.3 Å². The Hall–Kier alpha value is -3.62. The number of aromatic nitrogens is 2. The minimum absolute atomic E-state index is 0.0394. The van der Waals surface area contributed by atoms with Gasteiger partial charge in [-0.05, 0) is 23.8 Å². The molecular weight excluding hydrogens is 373 g/mol.